The molecule has 3 N–H and O–H groups in total. The summed E-state index contributed by atoms with van der Waals surface area (Å²) in [4.78, 5) is 12.8. The summed E-state index contributed by atoms with van der Waals surface area (Å²) >= 11 is 1.76. The van der Waals surface area contributed by atoms with E-state index in [1.807, 2.05) is 24.3 Å². The molecule has 252 valence electrons. The molecule has 0 spiro atoms. The van der Waals surface area contributed by atoms with Crippen LogP contribution in [0.2, 0.25) is 0 Å². The number of benzene rings is 2. The van der Waals surface area contributed by atoms with Crippen LogP contribution in [0.3, 0.4) is 0 Å². The fraction of sp³-hybridized carbons (Fsp3) is 0.629. The van der Waals surface area contributed by atoms with Crippen molar-refractivity contribution in [3.63, 3.8) is 0 Å². The van der Waals surface area contributed by atoms with E-state index in [9.17, 15) is 42.1 Å². The Labute approximate surface area is 267 Å². The highest BCUT2D eigenvalue weighted by atomic mass is 32.2. The second-order valence-electron chi connectivity index (χ2n) is 12.8. The van der Waals surface area contributed by atoms with Crippen LogP contribution in [-0.4, -0.2) is 39.1 Å². The molecule has 0 amide bonds. The fourth-order valence-corrected chi connectivity index (χ4v) is 7.86. The van der Waals surface area contributed by atoms with Gasteiger partial charge < -0.3 is 15.3 Å². The van der Waals surface area contributed by atoms with E-state index < -0.39 is 30.4 Å². The first-order valence-corrected chi connectivity index (χ1v) is 17.2. The summed E-state index contributed by atoms with van der Waals surface area (Å²) in [6.45, 7) is 2.29. The third kappa shape index (κ3) is 10.8. The minimum atomic E-state index is -5.52. The monoisotopic (exact) mass is 658 g/mol. The van der Waals surface area contributed by atoms with Gasteiger partial charge in [0.25, 0.3) is 0 Å². The lowest BCUT2D eigenvalue weighted by Crippen LogP contribution is -2.36. The van der Waals surface area contributed by atoms with E-state index in [0.717, 1.165) is 62.0 Å². The van der Waals surface area contributed by atoms with Gasteiger partial charge in [-0.3, -0.25) is 4.79 Å². The number of rotatable bonds is 19. The van der Waals surface area contributed by atoms with E-state index in [0.29, 0.717) is 25.7 Å². The van der Waals surface area contributed by atoms with Gasteiger partial charge in [0.05, 0.1) is 5.92 Å². The molecule has 2 aromatic carbocycles. The SMILES string of the molecule is C[C@]1(c2ccc(O)cc2)CSc2cc(O)ccc2[C@H]1CCCCCCCCCC(CCCCCCC(F)(F)C(F)(F)F)C(=O)O. The summed E-state index contributed by atoms with van der Waals surface area (Å²) in [5.74, 6) is -4.36. The molecule has 2 aromatic rings. The highest BCUT2D eigenvalue weighted by Gasteiger charge is 2.56. The fourth-order valence-electron chi connectivity index (χ4n) is 6.46. The number of carbonyl (C=O) groups is 1. The lowest BCUT2D eigenvalue weighted by atomic mass is 9.68. The summed E-state index contributed by atoms with van der Waals surface area (Å²) in [7, 11) is 0. The van der Waals surface area contributed by atoms with Crippen LogP contribution in [0, 0.1) is 5.92 Å². The molecule has 0 radical (unpaired) electrons. The van der Waals surface area contributed by atoms with Crippen LogP contribution >= 0.6 is 11.8 Å². The average molecular weight is 659 g/mol. The third-order valence-corrected chi connectivity index (χ3v) is 10.7. The van der Waals surface area contributed by atoms with Crippen molar-refractivity contribution < 1.29 is 42.1 Å². The molecule has 0 aromatic heterocycles. The highest BCUT2D eigenvalue weighted by Crippen LogP contribution is 2.52. The smallest absolute Gasteiger partial charge is 0.453 e. The zero-order valence-corrected chi connectivity index (χ0v) is 26.9. The molecule has 0 saturated heterocycles. The molecule has 0 saturated carbocycles. The Kier molecular flexibility index (Phi) is 13.9. The average Bonchev–Trinajstić information content (AvgIpc) is 2.97. The first kappa shape index (κ1) is 37.0. The standard InChI is InChI=1S/C35H47F5O4S/c1-33(26-16-18-27(41)19-17-26)24-45-31-23-28(42)20-21-29(31)30(33)15-11-6-4-2-3-5-9-13-25(32(43)44)14-10-7-8-12-22-34(36,37)35(38,39)40/h16-21,23,25,30,41-42H,2-15,22,24H2,1H3,(H,43,44)/t25?,30-,33-/m1/s1. The molecular formula is C35H47F5O4S. The normalized spacial score (nSPS) is 19.3. The molecular weight excluding hydrogens is 611 g/mol. The van der Waals surface area contributed by atoms with Crippen LogP contribution in [0.15, 0.2) is 47.4 Å². The van der Waals surface area contributed by atoms with Crippen molar-refractivity contribution in [3.8, 4) is 11.5 Å². The van der Waals surface area contributed by atoms with Crippen molar-refractivity contribution in [1.82, 2.24) is 0 Å². The van der Waals surface area contributed by atoms with Gasteiger partial charge in [0.2, 0.25) is 0 Å². The maximum atomic E-state index is 13.0. The lowest BCUT2D eigenvalue weighted by molar-refractivity contribution is -0.284. The number of hydrogen-bond donors (Lipinski definition) is 3. The van der Waals surface area contributed by atoms with Crippen LogP contribution in [0.1, 0.15) is 120 Å². The Bertz CT molecular complexity index is 1200. The van der Waals surface area contributed by atoms with Gasteiger partial charge in [-0.25, -0.2) is 0 Å². The predicted molar refractivity (Wildman–Crippen MR) is 168 cm³/mol. The molecule has 1 unspecified atom stereocenters. The molecule has 1 aliphatic heterocycles. The Morgan fingerprint density at radius 3 is 1.93 bits per heavy atom. The number of halogens is 5. The van der Waals surface area contributed by atoms with E-state index in [1.54, 1.807) is 30.0 Å². The maximum Gasteiger partial charge on any atom is 0.453 e. The largest absolute Gasteiger partial charge is 0.508 e. The molecule has 45 heavy (non-hydrogen) atoms. The zero-order chi connectivity index (χ0) is 33.1. The van der Waals surface area contributed by atoms with Gasteiger partial charge in [-0.05, 0) is 67.0 Å². The van der Waals surface area contributed by atoms with Crippen LogP contribution in [0.5, 0.6) is 11.5 Å². The first-order valence-electron chi connectivity index (χ1n) is 16.2. The second-order valence-corrected chi connectivity index (χ2v) is 13.8. The van der Waals surface area contributed by atoms with Crippen molar-refractivity contribution in [1.29, 1.82) is 0 Å². The number of hydrogen-bond acceptors (Lipinski definition) is 4. The number of phenols is 2. The maximum absolute atomic E-state index is 13.0. The van der Waals surface area contributed by atoms with Crippen LogP contribution < -0.4 is 0 Å². The van der Waals surface area contributed by atoms with Gasteiger partial charge >= 0.3 is 18.1 Å². The molecule has 1 heterocycles. The minimum absolute atomic E-state index is 0.106. The Morgan fingerprint density at radius 1 is 0.822 bits per heavy atom. The number of aromatic hydroxyl groups is 2. The summed E-state index contributed by atoms with van der Waals surface area (Å²) in [5, 5.41) is 29.4. The van der Waals surface area contributed by atoms with Crippen molar-refractivity contribution in [2.75, 3.05) is 5.75 Å². The molecule has 4 nitrogen and oxygen atoms in total. The predicted octanol–water partition coefficient (Wildman–Crippen LogP) is 11.0. The van der Waals surface area contributed by atoms with Gasteiger partial charge in [-0.1, -0.05) is 89.3 Å². The highest BCUT2D eigenvalue weighted by molar-refractivity contribution is 7.99. The molecule has 3 rings (SSSR count). The van der Waals surface area contributed by atoms with E-state index in [4.69, 9.17) is 0 Å². The number of thioether (sulfide) groups is 1. The summed E-state index contributed by atoms with van der Waals surface area (Å²) < 4.78 is 62.7. The topological polar surface area (TPSA) is 77.8 Å². The number of aliphatic carboxylic acids is 1. The van der Waals surface area contributed by atoms with Crippen LogP contribution in [0.25, 0.3) is 0 Å². The van der Waals surface area contributed by atoms with Gasteiger partial charge in [0, 0.05) is 22.5 Å². The number of carboxylic acid groups (broad SMARTS) is 1. The molecule has 3 atom stereocenters. The molecule has 0 fully saturated rings. The van der Waals surface area contributed by atoms with Crippen LogP contribution in [0.4, 0.5) is 22.0 Å². The Balaban J connectivity index is 1.34. The number of fused-ring (bicyclic) bond motifs is 1. The zero-order valence-electron chi connectivity index (χ0n) is 26.1. The van der Waals surface area contributed by atoms with E-state index >= 15 is 0 Å². The van der Waals surface area contributed by atoms with Crippen molar-refractivity contribution in [2.24, 2.45) is 5.92 Å². The van der Waals surface area contributed by atoms with Gasteiger partial charge in [-0.2, -0.15) is 22.0 Å². The number of phenolic OH excluding ortho intramolecular Hbond substituents is 2. The van der Waals surface area contributed by atoms with Crippen LogP contribution in [-0.2, 0) is 10.2 Å². The summed E-state index contributed by atoms with van der Waals surface area (Å²) in [6.07, 6.45) is 3.24. The Morgan fingerprint density at radius 2 is 1.36 bits per heavy atom. The summed E-state index contributed by atoms with van der Waals surface area (Å²) in [5.41, 5.74) is 2.35. The quantitative estimate of drug-likeness (QED) is 0.103. The number of unbranched alkanes of at least 4 members (excludes halogenated alkanes) is 9. The second kappa shape index (κ2) is 16.9. The van der Waals surface area contributed by atoms with Gasteiger partial charge in [0.15, 0.2) is 0 Å². The molecule has 1 aliphatic rings. The Hall–Kier alpha value is -2.49. The molecule has 10 heteroatoms. The van der Waals surface area contributed by atoms with Crippen molar-refractivity contribution in [2.45, 2.75) is 132 Å². The van der Waals surface area contributed by atoms with E-state index in [-0.39, 0.29) is 35.7 Å². The minimum Gasteiger partial charge on any atom is -0.508 e. The van der Waals surface area contributed by atoms with E-state index in [1.165, 1.54) is 11.1 Å². The number of carboxylic acids is 1. The third-order valence-electron chi connectivity index (χ3n) is 9.30. The van der Waals surface area contributed by atoms with E-state index in [2.05, 4.69) is 6.92 Å². The first-order chi connectivity index (χ1) is 21.2. The van der Waals surface area contributed by atoms with Crippen molar-refractivity contribution in [3.05, 3.63) is 53.6 Å². The summed E-state index contributed by atoms with van der Waals surface area (Å²) in [6, 6.07) is 13.2. The molecule has 0 bridgehead atoms. The van der Waals surface area contributed by atoms with Gasteiger partial charge in [-0.15, -0.1) is 11.8 Å². The van der Waals surface area contributed by atoms with Crippen molar-refractivity contribution >= 4 is 17.7 Å². The lowest BCUT2D eigenvalue weighted by Gasteiger charge is -2.43. The molecule has 0 aliphatic carbocycles. The van der Waals surface area contributed by atoms with Gasteiger partial charge in [0.1, 0.15) is 11.5 Å². The number of alkyl halides is 5.